The van der Waals surface area contributed by atoms with E-state index in [4.69, 9.17) is 17.3 Å². The molecule has 1 amide bonds. The van der Waals surface area contributed by atoms with Gasteiger partial charge in [-0.15, -0.1) is 0 Å². The van der Waals surface area contributed by atoms with Crippen molar-refractivity contribution in [1.82, 2.24) is 4.98 Å². The third kappa shape index (κ3) is 3.55. The number of carbonyl (C=O) groups is 1. The molecule has 0 saturated heterocycles. The van der Waals surface area contributed by atoms with Crippen LogP contribution in [-0.2, 0) is 15.6 Å². The summed E-state index contributed by atoms with van der Waals surface area (Å²) >= 11 is 5.93. The quantitative estimate of drug-likeness (QED) is 0.905. The average Bonchev–Trinajstić information content (AvgIpc) is 2.41. The number of para-hydroxylation sites is 1. The minimum absolute atomic E-state index is 0.195. The number of nitrogens with one attached hydrogen (secondary N) is 1. The van der Waals surface area contributed by atoms with Gasteiger partial charge in [0.25, 0.3) is 0 Å². The molecule has 20 heavy (non-hydrogen) atoms. The Morgan fingerprint density at radius 1 is 1.35 bits per heavy atom. The molecule has 1 aromatic heterocycles. The summed E-state index contributed by atoms with van der Waals surface area (Å²) in [6, 6.07) is 8.38. The molecule has 2 rings (SSSR count). The third-order valence-corrected chi connectivity index (χ3v) is 4.18. The normalized spacial score (nSPS) is 11.8. The van der Waals surface area contributed by atoms with Gasteiger partial charge in [-0.25, -0.2) is 0 Å². The molecule has 3 N–H and O–H groups in total. The molecule has 1 heterocycles. The topological polar surface area (TPSA) is 85.1 Å². The summed E-state index contributed by atoms with van der Waals surface area (Å²) < 4.78 is 12.1. The third-order valence-electron chi connectivity index (χ3n) is 2.47. The van der Waals surface area contributed by atoms with Gasteiger partial charge in [0.2, 0.25) is 5.91 Å². The lowest BCUT2D eigenvalue weighted by Crippen LogP contribution is -2.20. The number of nitrogen functional groups attached to an aromatic ring is 1. The Balaban J connectivity index is 2.04. The van der Waals surface area contributed by atoms with Gasteiger partial charge in [0.1, 0.15) is 5.75 Å². The number of rotatable bonds is 4. The first-order valence-corrected chi connectivity index (χ1v) is 7.40. The molecule has 0 saturated carbocycles. The first kappa shape index (κ1) is 14.5. The van der Waals surface area contributed by atoms with E-state index in [9.17, 15) is 9.00 Å². The number of hydrogen-bond acceptors (Lipinski definition) is 4. The highest BCUT2D eigenvalue weighted by Crippen LogP contribution is 2.20. The van der Waals surface area contributed by atoms with Crippen LogP contribution >= 0.6 is 11.6 Å². The second-order valence-corrected chi connectivity index (χ2v) is 5.76. The summed E-state index contributed by atoms with van der Waals surface area (Å²) in [5.74, 6) is -0.591. The van der Waals surface area contributed by atoms with Crippen molar-refractivity contribution in [3.05, 3.63) is 47.7 Å². The van der Waals surface area contributed by atoms with Gasteiger partial charge in [-0.2, -0.15) is 0 Å². The second kappa shape index (κ2) is 6.49. The van der Waals surface area contributed by atoms with E-state index in [1.54, 1.807) is 24.3 Å². The Kier molecular flexibility index (Phi) is 4.70. The van der Waals surface area contributed by atoms with Crippen molar-refractivity contribution in [2.75, 3.05) is 16.8 Å². The predicted molar refractivity (Wildman–Crippen MR) is 80.0 cm³/mol. The molecule has 1 unspecified atom stereocenters. The van der Waals surface area contributed by atoms with Crippen molar-refractivity contribution >= 4 is 39.7 Å². The van der Waals surface area contributed by atoms with E-state index in [0.717, 1.165) is 0 Å². The summed E-state index contributed by atoms with van der Waals surface area (Å²) in [5.41, 5.74) is 6.45. The van der Waals surface area contributed by atoms with Gasteiger partial charge in [0.05, 0.1) is 38.3 Å². The van der Waals surface area contributed by atoms with Gasteiger partial charge >= 0.3 is 0 Å². The van der Waals surface area contributed by atoms with Crippen LogP contribution in [0, 0.1) is 0 Å². The zero-order chi connectivity index (χ0) is 14.5. The van der Waals surface area contributed by atoms with E-state index < -0.39 is 16.7 Å². The van der Waals surface area contributed by atoms with Gasteiger partial charge < -0.3 is 11.1 Å². The minimum Gasteiger partial charge on any atom is -0.396 e. The lowest BCUT2D eigenvalue weighted by molar-refractivity contribution is -0.113. The monoisotopic (exact) mass is 309 g/mol. The molecule has 0 aliphatic heterocycles. The second-order valence-electron chi connectivity index (χ2n) is 3.93. The number of carbonyl (C=O) groups excluding carboxylic acids is 1. The fraction of sp³-hybridized carbons (Fsp3) is 0.0769. The highest BCUT2D eigenvalue weighted by Gasteiger charge is 2.13. The van der Waals surface area contributed by atoms with Gasteiger partial charge in [-0.05, 0) is 18.2 Å². The van der Waals surface area contributed by atoms with E-state index in [-0.39, 0.29) is 5.75 Å². The molecule has 0 bridgehead atoms. The highest BCUT2D eigenvalue weighted by atomic mass is 35.5. The first-order chi connectivity index (χ1) is 9.58. The van der Waals surface area contributed by atoms with Crippen LogP contribution in [0.1, 0.15) is 0 Å². The van der Waals surface area contributed by atoms with Crippen LogP contribution in [0.25, 0.3) is 0 Å². The summed E-state index contributed by atoms with van der Waals surface area (Å²) in [5, 5.41) is 3.04. The molecular formula is C13H12ClN3O2S. The molecule has 1 atom stereocenters. The highest BCUT2D eigenvalue weighted by molar-refractivity contribution is 7.86. The van der Waals surface area contributed by atoms with Gasteiger partial charge in [-0.1, -0.05) is 23.7 Å². The maximum atomic E-state index is 12.1. The van der Waals surface area contributed by atoms with E-state index in [2.05, 4.69) is 10.3 Å². The number of anilines is 2. The standard InChI is InChI=1S/C13H12ClN3O2S/c14-9-3-1-2-4-11(9)17-13(18)8-20(19)12-5-6-16-7-10(12)15/h1-7H,8,15H2,(H,17,18). The number of amides is 1. The summed E-state index contributed by atoms with van der Waals surface area (Å²) in [7, 11) is -1.53. The fourth-order valence-corrected chi connectivity index (χ4v) is 2.72. The van der Waals surface area contributed by atoms with Crippen molar-refractivity contribution in [3.8, 4) is 0 Å². The molecule has 0 fully saturated rings. The number of halogens is 1. The Labute approximate surface area is 123 Å². The van der Waals surface area contributed by atoms with Crippen LogP contribution in [0.4, 0.5) is 11.4 Å². The molecule has 0 radical (unpaired) electrons. The van der Waals surface area contributed by atoms with Crippen molar-refractivity contribution in [2.24, 2.45) is 0 Å². The SMILES string of the molecule is Nc1cnccc1S(=O)CC(=O)Nc1ccccc1Cl. The van der Waals surface area contributed by atoms with E-state index in [0.29, 0.717) is 21.3 Å². The number of hydrogen-bond donors (Lipinski definition) is 2. The lowest BCUT2D eigenvalue weighted by atomic mass is 10.3. The van der Waals surface area contributed by atoms with Crippen LogP contribution in [0.5, 0.6) is 0 Å². The van der Waals surface area contributed by atoms with Gasteiger partial charge in [0.15, 0.2) is 0 Å². The average molecular weight is 310 g/mol. The van der Waals surface area contributed by atoms with Crippen molar-refractivity contribution < 1.29 is 9.00 Å². The molecule has 0 aliphatic carbocycles. The van der Waals surface area contributed by atoms with Crippen LogP contribution in [0.2, 0.25) is 5.02 Å². The zero-order valence-electron chi connectivity index (χ0n) is 10.4. The predicted octanol–water partition coefficient (Wildman–Crippen LogP) is 2.06. The van der Waals surface area contributed by atoms with E-state index >= 15 is 0 Å². The van der Waals surface area contributed by atoms with Crippen molar-refractivity contribution in [3.63, 3.8) is 0 Å². The number of pyridine rings is 1. The molecular weight excluding hydrogens is 298 g/mol. The number of nitrogens with zero attached hydrogens (tertiary/aromatic N) is 1. The maximum absolute atomic E-state index is 12.1. The number of aromatic nitrogens is 1. The smallest absolute Gasteiger partial charge is 0.237 e. The van der Waals surface area contributed by atoms with E-state index in [1.165, 1.54) is 18.5 Å². The Morgan fingerprint density at radius 2 is 2.10 bits per heavy atom. The summed E-state index contributed by atoms with van der Waals surface area (Å²) in [6.07, 6.45) is 2.88. The van der Waals surface area contributed by atoms with Crippen LogP contribution in [0.3, 0.4) is 0 Å². The van der Waals surface area contributed by atoms with Crippen LogP contribution in [0.15, 0.2) is 47.6 Å². The fourth-order valence-electron chi connectivity index (χ4n) is 1.55. The zero-order valence-corrected chi connectivity index (χ0v) is 11.9. The Hall–Kier alpha value is -1.92. The summed E-state index contributed by atoms with van der Waals surface area (Å²) in [4.78, 5) is 16.0. The molecule has 5 nitrogen and oxygen atoms in total. The molecule has 0 spiro atoms. The molecule has 104 valence electrons. The first-order valence-electron chi connectivity index (χ1n) is 5.70. The Bertz CT molecular complexity index is 664. The summed E-state index contributed by atoms with van der Waals surface area (Å²) in [6.45, 7) is 0. The minimum atomic E-state index is -1.53. The number of nitrogens with two attached hydrogens (primary N) is 1. The van der Waals surface area contributed by atoms with Crippen molar-refractivity contribution in [2.45, 2.75) is 4.90 Å². The van der Waals surface area contributed by atoms with Crippen molar-refractivity contribution in [1.29, 1.82) is 0 Å². The Morgan fingerprint density at radius 3 is 2.80 bits per heavy atom. The van der Waals surface area contributed by atoms with Gasteiger partial charge in [0, 0.05) is 6.20 Å². The van der Waals surface area contributed by atoms with Crippen LogP contribution in [-0.4, -0.2) is 20.9 Å². The molecule has 7 heteroatoms. The van der Waals surface area contributed by atoms with Gasteiger partial charge in [-0.3, -0.25) is 14.0 Å². The maximum Gasteiger partial charge on any atom is 0.237 e. The largest absolute Gasteiger partial charge is 0.396 e. The lowest BCUT2D eigenvalue weighted by Gasteiger charge is -2.07. The van der Waals surface area contributed by atoms with Crippen LogP contribution < -0.4 is 11.1 Å². The number of benzene rings is 1. The van der Waals surface area contributed by atoms with E-state index in [1.807, 2.05) is 0 Å². The molecule has 2 aromatic rings. The molecule has 0 aliphatic rings. The molecule has 1 aromatic carbocycles.